The van der Waals surface area contributed by atoms with Gasteiger partial charge in [0.2, 0.25) is 0 Å². The van der Waals surface area contributed by atoms with Gasteiger partial charge in [-0.3, -0.25) is 14.9 Å². The van der Waals surface area contributed by atoms with Gasteiger partial charge in [-0.05, 0) is 31.2 Å². The Hall–Kier alpha value is -3.46. The van der Waals surface area contributed by atoms with Crippen molar-refractivity contribution in [3.05, 3.63) is 63.0 Å². The zero-order chi connectivity index (χ0) is 19.4. The molecule has 0 radical (unpaired) electrons. The van der Waals surface area contributed by atoms with Crippen molar-refractivity contribution in [1.29, 1.82) is 0 Å². The lowest BCUT2D eigenvalue weighted by Gasteiger charge is -2.07. The molecule has 2 N–H and O–H groups in total. The highest BCUT2D eigenvalue weighted by Crippen LogP contribution is 2.29. The summed E-state index contributed by atoms with van der Waals surface area (Å²) >= 11 is 1.21. The standard InChI is InChI=1S/C18H15N3O5S/c1-2-26-14-5-3-4-11(17(14)22)10-19-20-18(23)16-9-12-8-13(21(24)25)6-7-15(12)27-16/h3-10,22H,2H2,1H3,(H,20,23)/b19-10+. The van der Waals surface area contributed by atoms with Crippen LogP contribution < -0.4 is 10.2 Å². The Bertz CT molecular complexity index is 1040. The molecule has 1 heterocycles. The van der Waals surface area contributed by atoms with Crippen molar-refractivity contribution < 1.29 is 19.6 Å². The lowest BCUT2D eigenvalue weighted by atomic mass is 10.2. The van der Waals surface area contributed by atoms with Gasteiger partial charge in [0.15, 0.2) is 11.5 Å². The van der Waals surface area contributed by atoms with Crippen LogP contribution in [0.2, 0.25) is 0 Å². The number of benzene rings is 2. The van der Waals surface area contributed by atoms with Crippen molar-refractivity contribution in [3.8, 4) is 11.5 Å². The molecule has 0 fully saturated rings. The number of hydrogen-bond acceptors (Lipinski definition) is 7. The number of nitro benzene ring substituents is 1. The lowest BCUT2D eigenvalue weighted by Crippen LogP contribution is -2.16. The summed E-state index contributed by atoms with van der Waals surface area (Å²) in [5.41, 5.74) is 2.74. The second-order valence-electron chi connectivity index (χ2n) is 5.42. The molecule has 0 aliphatic rings. The first-order valence-electron chi connectivity index (χ1n) is 7.95. The maximum Gasteiger partial charge on any atom is 0.281 e. The normalized spacial score (nSPS) is 11.0. The predicted octanol–water partition coefficient (Wildman–Crippen LogP) is 3.68. The highest BCUT2D eigenvalue weighted by atomic mass is 32.1. The molecular weight excluding hydrogens is 370 g/mol. The Morgan fingerprint density at radius 2 is 2.19 bits per heavy atom. The molecule has 8 nitrogen and oxygen atoms in total. The summed E-state index contributed by atoms with van der Waals surface area (Å²) in [5.74, 6) is -0.180. The van der Waals surface area contributed by atoms with Crippen molar-refractivity contribution in [2.24, 2.45) is 5.10 Å². The van der Waals surface area contributed by atoms with E-state index < -0.39 is 10.8 Å². The van der Waals surface area contributed by atoms with Gasteiger partial charge < -0.3 is 9.84 Å². The summed E-state index contributed by atoms with van der Waals surface area (Å²) in [5, 5.41) is 25.4. The van der Waals surface area contributed by atoms with E-state index in [4.69, 9.17) is 4.74 Å². The molecule has 0 aliphatic heterocycles. The van der Waals surface area contributed by atoms with E-state index in [0.717, 1.165) is 4.70 Å². The lowest BCUT2D eigenvalue weighted by molar-refractivity contribution is -0.384. The van der Waals surface area contributed by atoms with Gasteiger partial charge in [-0.25, -0.2) is 5.43 Å². The van der Waals surface area contributed by atoms with Crippen LogP contribution in [0.15, 0.2) is 47.6 Å². The van der Waals surface area contributed by atoms with Crippen LogP contribution in [0.1, 0.15) is 22.2 Å². The van der Waals surface area contributed by atoms with Gasteiger partial charge in [0.25, 0.3) is 11.6 Å². The maximum atomic E-state index is 12.2. The maximum absolute atomic E-state index is 12.2. The van der Waals surface area contributed by atoms with Crippen LogP contribution in [0.25, 0.3) is 10.1 Å². The first kappa shape index (κ1) is 18.3. The molecular formula is C18H15N3O5S. The topological polar surface area (TPSA) is 114 Å². The van der Waals surface area contributed by atoms with Crippen molar-refractivity contribution in [3.63, 3.8) is 0 Å². The Balaban J connectivity index is 1.74. The van der Waals surface area contributed by atoms with E-state index in [2.05, 4.69) is 10.5 Å². The minimum atomic E-state index is -0.482. The number of carbonyl (C=O) groups is 1. The molecule has 3 aromatic rings. The number of nitrogens with zero attached hydrogens (tertiary/aromatic N) is 2. The monoisotopic (exact) mass is 385 g/mol. The van der Waals surface area contributed by atoms with E-state index in [1.165, 1.54) is 29.7 Å². The van der Waals surface area contributed by atoms with Crippen LogP contribution in [0, 0.1) is 10.1 Å². The van der Waals surface area contributed by atoms with E-state index in [-0.39, 0.29) is 11.4 Å². The number of rotatable bonds is 6. The number of hydrogen-bond donors (Lipinski definition) is 2. The Kier molecular flexibility index (Phi) is 5.32. The first-order chi connectivity index (χ1) is 13.0. The molecule has 2 aromatic carbocycles. The largest absolute Gasteiger partial charge is 0.504 e. The van der Waals surface area contributed by atoms with Gasteiger partial charge in [-0.2, -0.15) is 5.10 Å². The number of phenols is 1. The minimum Gasteiger partial charge on any atom is -0.504 e. The summed E-state index contributed by atoms with van der Waals surface area (Å²) < 4.78 is 6.05. The summed E-state index contributed by atoms with van der Waals surface area (Å²) in [6.45, 7) is 2.22. The summed E-state index contributed by atoms with van der Waals surface area (Å²) in [6, 6.07) is 11.0. The first-order valence-corrected chi connectivity index (χ1v) is 8.77. The quantitative estimate of drug-likeness (QED) is 0.382. The number of aromatic hydroxyl groups is 1. The molecule has 0 aliphatic carbocycles. The molecule has 1 aromatic heterocycles. The molecule has 0 saturated heterocycles. The van der Waals surface area contributed by atoms with Crippen molar-refractivity contribution in [2.75, 3.05) is 6.61 Å². The van der Waals surface area contributed by atoms with E-state index >= 15 is 0 Å². The van der Waals surface area contributed by atoms with Gasteiger partial charge in [0.1, 0.15) is 0 Å². The third-order valence-electron chi connectivity index (χ3n) is 3.63. The molecule has 0 unspecified atom stereocenters. The highest BCUT2D eigenvalue weighted by Gasteiger charge is 2.13. The number of ether oxygens (including phenoxy) is 1. The Morgan fingerprint density at radius 1 is 1.37 bits per heavy atom. The number of para-hydroxylation sites is 1. The number of fused-ring (bicyclic) bond motifs is 1. The number of carbonyl (C=O) groups excluding carboxylic acids is 1. The third-order valence-corrected chi connectivity index (χ3v) is 4.75. The fraction of sp³-hybridized carbons (Fsp3) is 0.111. The van der Waals surface area contributed by atoms with Crippen molar-refractivity contribution >= 4 is 39.2 Å². The third kappa shape index (κ3) is 4.04. The molecule has 9 heteroatoms. The fourth-order valence-corrected chi connectivity index (χ4v) is 3.32. The van der Waals surface area contributed by atoms with Gasteiger partial charge >= 0.3 is 0 Å². The van der Waals surface area contributed by atoms with E-state index in [9.17, 15) is 20.0 Å². The van der Waals surface area contributed by atoms with Gasteiger partial charge in [-0.15, -0.1) is 11.3 Å². The molecule has 0 saturated carbocycles. The SMILES string of the molecule is CCOc1cccc(/C=N/NC(=O)c2cc3cc([N+](=O)[O-])ccc3s2)c1O. The molecule has 27 heavy (non-hydrogen) atoms. The molecule has 3 rings (SSSR count). The van der Waals surface area contributed by atoms with Gasteiger partial charge in [0.05, 0.1) is 22.6 Å². The average molecular weight is 385 g/mol. The summed E-state index contributed by atoms with van der Waals surface area (Å²) in [4.78, 5) is 23.0. The average Bonchev–Trinajstić information content (AvgIpc) is 3.08. The highest BCUT2D eigenvalue weighted by molar-refractivity contribution is 7.20. The zero-order valence-corrected chi connectivity index (χ0v) is 15.0. The predicted molar refractivity (Wildman–Crippen MR) is 103 cm³/mol. The summed E-state index contributed by atoms with van der Waals surface area (Å²) in [6.07, 6.45) is 1.31. The number of amides is 1. The van der Waals surface area contributed by atoms with Gasteiger partial charge in [-0.1, -0.05) is 6.07 Å². The van der Waals surface area contributed by atoms with E-state index in [1.807, 2.05) is 0 Å². The molecule has 0 atom stereocenters. The van der Waals surface area contributed by atoms with Crippen LogP contribution in [0.5, 0.6) is 11.5 Å². The zero-order valence-electron chi connectivity index (χ0n) is 14.2. The van der Waals surface area contributed by atoms with Gasteiger partial charge in [0, 0.05) is 27.8 Å². The van der Waals surface area contributed by atoms with Crippen LogP contribution in [-0.2, 0) is 0 Å². The van der Waals surface area contributed by atoms with Crippen LogP contribution in [0.3, 0.4) is 0 Å². The minimum absolute atomic E-state index is 0.0325. The van der Waals surface area contributed by atoms with E-state index in [0.29, 0.717) is 28.2 Å². The number of non-ortho nitro benzene ring substituents is 1. The van der Waals surface area contributed by atoms with Crippen LogP contribution >= 0.6 is 11.3 Å². The molecule has 0 bridgehead atoms. The number of phenolic OH excluding ortho intramolecular Hbond substituents is 1. The number of nitrogens with one attached hydrogen (secondary N) is 1. The second-order valence-corrected chi connectivity index (χ2v) is 6.50. The smallest absolute Gasteiger partial charge is 0.281 e. The second kappa shape index (κ2) is 7.83. The number of thiophene rings is 1. The fourth-order valence-electron chi connectivity index (χ4n) is 2.39. The Morgan fingerprint density at radius 3 is 2.93 bits per heavy atom. The molecule has 0 spiro atoms. The number of hydrazone groups is 1. The van der Waals surface area contributed by atoms with Crippen LogP contribution in [-0.4, -0.2) is 28.8 Å². The van der Waals surface area contributed by atoms with Crippen molar-refractivity contribution in [1.82, 2.24) is 5.43 Å². The Labute approximate surface area is 157 Å². The van der Waals surface area contributed by atoms with Crippen LogP contribution in [0.4, 0.5) is 5.69 Å². The summed E-state index contributed by atoms with van der Waals surface area (Å²) in [7, 11) is 0. The van der Waals surface area contributed by atoms with Crippen molar-refractivity contribution in [2.45, 2.75) is 6.92 Å². The van der Waals surface area contributed by atoms with E-state index in [1.54, 1.807) is 37.3 Å². The molecule has 1 amide bonds. The molecule has 138 valence electrons. The number of nitro groups is 1.